The van der Waals surface area contributed by atoms with Crippen molar-refractivity contribution < 1.29 is 48.3 Å². The van der Waals surface area contributed by atoms with Gasteiger partial charge < -0.3 is 38.7 Å². The largest absolute Gasteiger partial charge is 2.00 e. The average molecular weight is 1030 g/mol. The molecule has 11 heteroatoms. The van der Waals surface area contributed by atoms with Gasteiger partial charge in [0.05, 0.1) is 37.4 Å². The maximum atomic E-state index is 11.1. The Balaban J connectivity index is 0.00000124. The van der Waals surface area contributed by atoms with Crippen LogP contribution in [0.5, 0.6) is 0 Å². The predicted molar refractivity (Wildman–Crippen MR) is 258 cm³/mol. The van der Waals surface area contributed by atoms with Crippen molar-refractivity contribution in [3.63, 3.8) is 0 Å². The smallest absolute Gasteiger partial charge is 0.546 e. The summed E-state index contributed by atoms with van der Waals surface area (Å²) in [6, 6.07) is 20.5. The fourth-order valence-corrected chi connectivity index (χ4v) is 7.82. The molecule has 0 saturated carbocycles. The Labute approximate surface area is 434 Å². The van der Waals surface area contributed by atoms with Crippen LogP contribution in [-0.4, -0.2) is 97.2 Å². The van der Waals surface area contributed by atoms with E-state index in [-0.39, 0.29) is 61.1 Å². The Morgan fingerprint density at radius 1 is 0.415 bits per heavy atom. The Morgan fingerprint density at radius 2 is 0.677 bits per heavy atom. The number of hydrogen-bond donors (Lipinski definition) is 0. The number of aliphatic carboxylic acids is 2. The van der Waals surface area contributed by atoms with Crippen molar-refractivity contribution in [1.29, 1.82) is 0 Å². The van der Waals surface area contributed by atoms with Gasteiger partial charge in [0, 0.05) is 13.8 Å². The molecule has 0 heterocycles. The second-order valence-electron chi connectivity index (χ2n) is 17.5. The van der Waals surface area contributed by atoms with Gasteiger partial charge in [-0.2, -0.15) is 0 Å². The van der Waals surface area contributed by atoms with Crippen molar-refractivity contribution in [2.75, 3.05) is 0 Å². The minimum atomic E-state index is -1.32. The molecule has 0 saturated heterocycles. The third-order valence-electron chi connectivity index (χ3n) is 11.5. The first-order valence-electron chi connectivity index (χ1n) is 25.1. The second-order valence-corrected chi connectivity index (χ2v) is 17.5. The van der Waals surface area contributed by atoms with Crippen molar-refractivity contribution in [2.24, 2.45) is 0 Å². The normalized spacial score (nSPS) is 12.7. The number of carboxylic acids is 2. The van der Waals surface area contributed by atoms with Gasteiger partial charge in [0.25, 0.3) is 0 Å². The molecule has 0 bridgehead atoms. The number of hydrogen-bond acceptors (Lipinski definition) is 10. The van der Waals surface area contributed by atoms with Gasteiger partial charge in [-0.1, -0.05) is 203 Å². The average Bonchev–Trinajstić information content (AvgIpc) is 3.28. The minimum absolute atomic E-state index is 0. The van der Waals surface area contributed by atoms with E-state index >= 15 is 0 Å². The van der Waals surface area contributed by atoms with Gasteiger partial charge in [0.15, 0.2) is 0 Å². The number of rotatable bonds is 40. The van der Waals surface area contributed by atoms with E-state index in [1.54, 1.807) is 0 Å². The molecular formula is C54H86BaO10. The first-order chi connectivity index (χ1) is 31.0. The van der Waals surface area contributed by atoms with E-state index in [1.165, 1.54) is 128 Å². The molecule has 0 spiro atoms. The molecule has 2 aromatic rings. The Morgan fingerprint density at radius 3 is 0.954 bits per heavy atom. The molecule has 364 valence electrons. The SMILES string of the molecule is CCCCCCCCCCC(CCCCCC(OC(C)=O)C(=O)[O-])OCc1ccccc1.CCCCCCCCCCC(CCCCCC(OC(C)=O)C(=O)[O-])OCc1ccccc1.[Ba+2]. The molecule has 2 aromatic carbocycles. The standard InChI is InChI=1S/2C27H44O5.Ba/c2*1-3-4-5-6-7-8-9-14-19-25(31-22-24-17-12-10-13-18-24)20-15-11-16-21-26(27(29)30)32-23(2)28;/h2*10,12-13,17-18,25-26H,3-9,11,14-16,19-22H2,1-2H3,(H,29,30);/q;;+2/p-2. The van der Waals surface area contributed by atoms with Gasteiger partial charge in [-0.15, -0.1) is 0 Å². The van der Waals surface area contributed by atoms with Gasteiger partial charge in [-0.05, 0) is 62.5 Å². The summed E-state index contributed by atoms with van der Waals surface area (Å²) in [4.78, 5) is 44.1. The van der Waals surface area contributed by atoms with Crippen LogP contribution in [0.2, 0.25) is 0 Å². The van der Waals surface area contributed by atoms with Crippen LogP contribution in [-0.2, 0) is 51.3 Å². The van der Waals surface area contributed by atoms with Gasteiger partial charge in [-0.25, -0.2) is 0 Å². The maximum Gasteiger partial charge on any atom is 2.00 e. The number of carbonyl (C=O) groups excluding carboxylic acids is 4. The zero-order valence-corrected chi connectivity index (χ0v) is 45.5. The van der Waals surface area contributed by atoms with E-state index in [0.717, 1.165) is 51.4 Å². The van der Waals surface area contributed by atoms with Gasteiger partial charge >= 0.3 is 60.8 Å². The molecule has 0 N–H and O–H groups in total. The molecule has 0 aromatic heterocycles. The summed E-state index contributed by atoms with van der Waals surface area (Å²) in [6.07, 6.45) is 28.7. The molecule has 0 radical (unpaired) electrons. The van der Waals surface area contributed by atoms with Crippen LogP contribution in [0.4, 0.5) is 0 Å². The topological polar surface area (TPSA) is 151 Å². The quantitative estimate of drug-likeness (QED) is 0.0358. The van der Waals surface area contributed by atoms with Crippen molar-refractivity contribution in [3.05, 3.63) is 71.8 Å². The second kappa shape index (κ2) is 44.3. The van der Waals surface area contributed by atoms with Crippen LogP contribution in [0.15, 0.2) is 60.7 Å². The van der Waals surface area contributed by atoms with Crippen LogP contribution in [0.3, 0.4) is 0 Å². The van der Waals surface area contributed by atoms with Crippen LogP contribution < -0.4 is 10.2 Å². The molecule has 0 aliphatic heterocycles. The fraction of sp³-hybridized carbons (Fsp3) is 0.704. The number of carbonyl (C=O) groups is 4. The summed E-state index contributed by atoms with van der Waals surface area (Å²) in [7, 11) is 0. The van der Waals surface area contributed by atoms with E-state index in [9.17, 15) is 29.4 Å². The number of esters is 2. The summed E-state index contributed by atoms with van der Waals surface area (Å²) in [6.45, 7) is 8.18. The monoisotopic (exact) mass is 1030 g/mol. The van der Waals surface area contributed by atoms with Crippen molar-refractivity contribution in [3.8, 4) is 0 Å². The Bertz CT molecular complexity index is 1320. The number of carboxylic acid groups (broad SMARTS) is 2. The molecular weight excluding hydrogens is 946 g/mol. The minimum Gasteiger partial charge on any atom is -0.546 e. The number of unbranched alkanes of at least 4 members (excludes halogenated alkanes) is 18. The van der Waals surface area contributed by atoms with E-state index in [2.05, 4.69) is 38.1 Å². The molecule has 0 fully saturated rings. The first kappa shape index (κ1) is 62.8. The Hall–Kier alpha value is -2.19. The van der Waals surface area contributed by atoms with Crippen LogP contribution in [0.25, 0.3) is 0 Å². The third-order valence-corrected chi connectivity index (χ3v) is 11.5. The first-order valence-corrected chi connectivity index (χ1v) is 25.1. The molecule has 0 aliphatic rings. The summed E-state index contributed by atoms with van der Waals surface area (Å²) >= 11 is 0. The molecule has 0 aliphatic carbocycles. The zero-order valence-electron chi connectivity index (χ0n) is 41.1. The molecule has 65 heavy (non-hydrogen) atoms. The van der Waals surface area contributed by atoms with Gasteiger partial charge in [0.2, 0.25) is 0 Å². The summed E-state index contributed by atoms with van der Waals surface area (Å²) < 4.78 is 22.1. The van der Waals surface area contributed by atoms with Crippen molar-refractivity contribution in [1.82, 2.24) is 0 Å². The number of ether oxygens (including phenoxy) is 4. The van der Waals surface area contributed by atoms with Crippen molar-refractivity contribution >= 4 is 72.8 Å². The number of benzene rings is 2. The molecule has 0 amide bonds. The Kier molecular flexibility index (Phi) is 42.8. The molecule has 2 rings (SSSR count). The fourth-order valence-electron chi connectivity index (χ4n) is 7.82. The predicted octanol–water partition coefficient (Wildman–Crippen LogP) is 11.1. The van der Waals surface area contributed by atoms with E-state index < -0.39 is 36.1 Å². The molecule has 10 nitrogen and oxygen atoms in total. The summed E-state index contributed by atoms with van der Waals surface area (Å²) in [5.74, 6) is -3.81. The molecule has 4 atom stereocenters. The van der Waals surface area contributed by atoms with E-state index in [4.69, 9.17) is 18.9 Å². The van der Waals surface area contributed by atoms with E-state index in [0.29, 0.717) is 38.9 Å². The zero-order chi connectivity index (χ0) is 46.9. The van der Waals surface area contributed by atoms with Gasteiger partial charge in [-0.3, -0.25) is 9.59 Å². The van der Waals surface area contributed by atoms with Crippen molar-refractivity contribution in [2.45, 2.75) is 245 Å². The molecule has 4 unspecified atom stereocenters. The van der Waals surface area contributed by atoms with Crippen LogP contribution in [0.1, 0.15) is 219 Å². The summed E-state index contributed by atoms with van der Waals surface area (Å²) in [5.41, 5.74) is 2.37. The van der Waals surface area contributed by atoms with Crippen LogP contribution in [0, 0.1) is 0 Å². The third kappa shape index (κ3) is 38.5. The van der Waals surface area contributed by atoms with Crippen LogP contribution >= 0.6 is 0 Å². The van der Waals surface area contributed by atoms with E-state index in [1.807, 2.05) is 36.4 Å². The van der Waals surface area contributed by atoms with Gasteiger partial charge in [0.1, 0.15) is 12.2 Å². The maximum absolute atomic E-state index is 11.1. The summed E-state index contributed by atoms with van der Waals surface area (Å²) in [5, 5.41) is 22.1.